The average molecular weight is 449 g/mol. The van der Waals surface area contributed by atoms with E-state index in [1.807, 2.05) is 24.3 Å². The van der Waals surface area contributed by atoms with Gasteiger partial charge < -0.3 is 18.9 Å². The number of benzene rings is 2. The van der Waals surface area contributed by atoms with Gasteiger partial charge in [0.2, 0.25) is 0 Å². The lowest BCUT2D eigenvalue weighted by molar-refractivity contribution is 0.179. The Bertz CT molecular complexity index is 867. The summed E-state index contributed by atoms with van der Waals surface area (Å²) in [5.41, 5.74) is 4.38. The first-order valence-corrected chi connectivity index (χ1v) is 11.2. The smallest absolute Gasteiger partial charge is 0.123 e. The molecule has 4 heteroatoms. The van der Waals surface area contributed by atoms with Crippen LogP contribution >= 0.6 is 0 Å². The van der Waals surface area contributed by atoms with Gasteiger partial charge in [-0.05, 0) is 47.2 Å². The molecule has 0 fully saturated rings. The Morgan fingerprint density at radius 3 is 1.45 bits per heavy atom. The third-order valence-electron chi connectivity index (χ3n) is 5.45. The van der Waals surface area contributed by atoms with Crippen molar-refractivity contribution in [1.82, 2.24) is 0 Å². The van der Waals surface area contributed by atoms with E-state index in [9.17, 15) is 0 Å². The van der Waals surface area contributed by atoms with E-state index >= 15 is 0 Å². The van der Waals surface area contributed by atoms with Crippen molar-refractivity contribution < 1.29 is 18.9 Å². The molecule has 0 radical (unpaired) electrons. The van der Waals surface area contributed by atoms with Gasteiger partial charge in [0.1, 0.15) is 37.9 Å². The van der Waals surface area contributed by atoms with Crippen LogP contribution in [0.2, 0.25) is 0 Å². The largest absolute Gasteiger partial charge is 0.498 e. The molecule has 0 spiro atoms. The topological polar surface area (TPSA) is 36.9 Å². The van der Waals surface area contributed by atoms with E-state index in [4.69, 9.17) is 18.9 Å². The van der Waals surface area contributed by atoms with Crippen LogP contribution in [0.4, 0.5) is 0 Å². The van der Waals surface area contributed by atoms with Crippen molar-refractivity contribution in [1.29, 1.82) is 0 Å². The molecule has 0 aromatic heterocycles. The summed E-state index contributed by atoms with van der Waals surface area (Å²) in [6, 6.07) is 12.7. The van der Waals surface area contributed by atoms with Crippen LogP contribution in [-0.4, -0.2) is 26.4 Å². The molecule has 4 nitrogen and oxygen atoms in total. The van der Waals surface area contributed by atoms with Crippen LogP contribution in [0.25, 0.3) is 0 Å². The van der Waals surface area contributed by atoms with Crippen molar-refractivity contribution in [3.8, 4) is 11.5 Å². The minimum absolute atomic E-state index is 0.221. The zero-order chi connectivity index (χ0) is 24.1. The minimum atomic E-state index is -0.221. The molecule has 2 aromatic rings. The maximum Gasteiger partial charge on any atom is 0.123 e. The SMILES string of the molecule is C=CCc1cc(C(C)(C)c2ccc(OCCOC=C)c(CC=C)c2)ccc1OCCOC=C. The van der Waals surface area contributed by atoms with E-state index in [-0.39, 0.29) is 5.41 Å². The van der Waals surface area contributed by atoms with E-state index < -0.39 is 0 Å². The second-order valence-electron chi connectivity index (χ2n) is 8.03. The fraction of sp³-hybridized carbons (Fsp3) is 0.310. The quantitative estimate of drug-likeness (QED) is 0.166. The van der Waals surface area contributed by atoms with Gasteiger partial charge in [-0.25, -0.2) is 0 Å². The van der Waals surface area contributed by atoms with Gasteiger partial charge in [0.05, 0.1) is 12.5 Å². The Labute approximate surface area is 198 Å². The van der Waals surface area contributed by atoms with Crippen LogP contribution in [0.3, 0.4) is 0 Å². The highest BCUT2D eigenvalue weighted by Gasteiger charge is 2.25. The molecule has 0 aliphatic rings. The van der Waals surface area contributed by atoms with Gasteiger partial charge in [-0.2, -0.15) is 0 Å². The highest BCUT2D eigenvalue weighted by molar-refractivity contribution is 5.48. The van der Waals surface area contributed by atoms with E-state index in [1.165, 1.54) is 23.7 Å². The van der Waals surface area contributed by atoms with Crippen molar-refractivity contribution in [2.24, 2.45) is 0 Å². The molecule has 0 atom stereocenters. The van der Waals surface area contributed by atoms with Gasteiger partial charge in [-0.15, -0.1) is 13.2 Å². The molecule has 2 aromatic carbocycles. The summed E-state index contributed by atoms with van der Waals surface area (Å²) in [7, 11) is 0. The first kappa shape index (κ1) is 25.9. The summed E-state index contributed by atoms with van der Waals surface area (Å²) in [4.78, 5) is 0. The van der Waals surface area contributed by atoms with Gasteiger partial charge in [-0.3, -0.25) is 0 Å². The molecule has 0 heterocycles. The van der Waals surface area contributed by atoms with E-state index in [1.54, 1.807) is 0 Å². The molecule has 0 aliphatic carbocycles. The lowest BCUT2D eigenvalue weighted by atomic mass is 9.77. The molecule has 0 saturated carbocycles. The fourth-order valence-electron chi connectivity index (χ4n) is 3.58. The van der Waals surface area contributed by atoms with Crippen molar-refractivity contribution in [2.75, 3.05) is 26.4 Å². The van der Waals surface area contributed by atoms with Gasteiger partial charge in [0, 0.05) is 5.41 Å². The molecule has 0 saturated heterocycles. The molecule has 2 rings (SSSR count). The van der Waals surface area contributed by atoms with Crippen molar-refractivity contribution >= 4 is 0 Å². The molecule has 0 bridgehead atoms. The normalized spacial score (nSPS) is 10.7. The Kier molecular flexibility index (Phi) is 10.4. The summed E-state index contributed by atoms with van der Waals surface area (Å²) < 4.78 is 22.2. The zero-order valence-electron chi connectivity index (χ0n) is 20.0. The van der Waals surface area contributed by atoms with Crippen LogP contribution in [0, 0.1) is 0 Å². The van der Waals surface area contributed by atoms with Gasteiger partial charge >= 0.3 is 0 Å². The van der Waals surface area contributed by atoms with Crippen molar-refractivity contribution in [3.05, 3.63) is 110 Å². The highest BCUT2D eigenvalue weighted by Crippen LogP contribution is 2.36. The van der Waals surface area contributed by atoms with Crippen LogP contribution in [-0.2, 0) is 27.7 Å². The predicted molar refractivity (Wildman–Crippen MR) is 136 cm³/mol. The maximum absolute atomic E-state index is 5.92. The standard InChI is InChI=1S/C29H36O4/c1-7-11-23-21-25(13-15-27(23)32-19-17-30-9-3)29(5,6)26-14-16-28(24(22-26)12-8-2)33-20-18-31-10-4/h7-10,13-16,21-22H,1-4,11-12,17-20H2,5-6H3. The monoisotopic (exact) mass is 448 g/mol. The number of allylic oxidation sites excluding steroid dienone is 2. The van der Waals surface area contributed by atoms with Crippen molar-refractivity contribution in [2.45, 2.75) is 32.1 Å². The zero-order valence-corrected chi connectivity index (χ0v) is 20.0. The molecule has 0 N–H and O–H groups in total. The summed E-state index contributed by atoms with van der Waals surface area (Å²) in [5, 5.41) is 0. The second-order valence-corrected chi connectivity index (χ2v) is 8.03. The number of rotatable bonds is 16. The molecule has 0 amide bonds. The lowest BCUT2D eigenvalue weighted by Gasteiger charge is -2.28. The molecular formula is C29H36O4. The Morgan fingerprint density at radius 1 is 0.667 bits per heavy atom. The Morgan fingerprint density at radius 2 is 1.09 bits per heavy atom. The molecular weight excluding hydrogens is 412 g/mol. The van der Waals surface area contributed by atoms with Gasteiger partial charge in [0.15, 0.2) is 0 Å². The summed E-state index contributed by atoms with van der Waals surface area (Å²) in [6.07, 6.45) is 8.08. The van der Waals surface area contributed by atoms with E-state index in [2.05, 4.69) is 64.4 Å². The van der Waals surface area contributed by atoms with Crippen LogP contribution in [0.1, 0.15) is 36.1 Å². The second kappa shape index (κ2) is 13.2. The van der Waals surface area contributed by atoms with Crippen LogP contribution in [0.15, 0.2) is 87.4 Å². The summed E-state index contributed by atoms with van der Waals surface area (Å²) >= 11 is 0. The average Bonchev–Trinajstić information content (AvgIpc) is 2.81. The minimum Gasteiger partial charge on any atom is -0.498 e. The first-order valence-electron chi connectivity index (χ1n) is 11.2. The molecule has 0 aliphatic heterocycles. The Balaban J connectivity index is 2.30. The number of hydrogen-bond acceptors (Lipinski definition) is 4. The van der Waals surface area contributed by atoms with Gasteiger partial charge in [0.25, 0.3) is 0 Å². The third-order valence-corrected chi connectivity index (χ3v) is 5.45. The molecule has 0 unspecified atom stereocenters. The summed E-state index contributed by atoms with van der Waals surface area (Å²) in [6.45, 7) is 21.2. The maximum atomic E-state index is 5.92. The molecule has 176 valence electrons. The van der Waals surface area contributed by atoms with E-state index in [0.29, 0.717) is 26.4 Å². The third kappa shape index (κ3) is 7.31. The van der Waals surface area contributed by atoms with Crippen molar-refractivity contribution in [3.63, 3.8) is 0 Å². The number of hydrogen-bond donors (Lipinski definition) is 0. The molecule has 33 heavy (non-hydrogen) atoms. The fourth-order valence-corrected chi connectivity index (χ4v) is 3.58. The van der Waals surface area contributed by atoms with E-state index in [0.717, 1.165) is 35.5 Å². The van der Waals surface area contributed by atoms with Crippen LogP contribution in [0.5, 0.6) is 11.5 Å². The predicted octanol–water partition coefficient (Wildman–Crippen LogP) is 6.55. The summed E-state index contributed by atoms with van der Waals surface area (Å²) in [5.74, 6) is 1.69. The Hall–Kier alpha value is -3.40. The lowest BCUT2D eigenvalue weighted by Crippen LogP contribution is -2.20. The van der Waals surface area contributed by atoms with Gasteiger partial charge in [-0.1, -0.05) is 63.4 Å². The highest BCUT2D eigenvalue weighted by atomic mass is 16.5. The first-order chi connectivity index (χ1) is 16.0. The van der Waals surface area contributed by atoms with Crippen LogP contribution < -0.4 is 9.47 Å². The number of ether oxygens (including phenoxy) is 4.